The molecule has 0 spiro atoms. The van der Waals surface area contributed by atoms with Gasteiger partial charge in [-0.1, -0.05) is 0 Å². The van der Waals surface area contributed by atoms with E-state index in [0.29, 0.717) is 6.61 Å². The van der Waals surface area contributed by atoms with Crippen molar-refractivity contribution >= 4 is 11.7 Å². The molecule has 0 radical (unpaired) electrons. The molecule has 0 heterocycles. The summed E-state index contributed by atoms with van der Waals surface area (Å²) in [5.74, 6) is -1.04. The van der Waals surface area contributed by atoms with E-state index < -0.39 is 10.9 Å². The maximum atomic E-state index is 10.7. The normalized spacial score (nSPS) is 9.67. The van der Waals surface area contributed by atoms with Crippen LogP contribution in [0, 0.1) is 10.1 Å². The Morgan fingerprint density at radius 1 is 1.53 bits per heavy atom. The van der Waals surface area contributed by atoms with Crippen molar-refractivity contribution < 1.29 is 19.6 Å². The molecule has 80 valence electrons. The van der Waals surface area contributed by atoms with Gasteiger partial charge in [0.15, 0.2) is 0 Å². The van der Waals surface area contributed by atoms with Crippen LogP contribution in [0.15, 0.2) is 18.2 Å². The molecule has 0 unspecified atom stereocenters. The first-order valence-electron chi connectivity index (χ1n) is 4.20. The average Bonchev–Trinajstić information content (AvgIpc) is 2.17. The predicted octanol–water partition coefficient (Wildman–Crippen LogP) is 1.69. The third kappa shape index (κ3) is 2.67. The van der Waals surface area contributed by atoms with Crippen molar-refractivity contribution in [1.82, 2.24) is 0 Å². The average molecular weight is 211 g/mol. The van der Waals surface area contributed by atoms with Gasteiger partial charge in [-0.25, -0.2) is 4.79 Å². The Bertz CT molecular complexity index is 369. The molecule has 0 bridgehead atoms. The van der Waals surface area contributed by atoms with Crippen LogP contribution in [0.5, 0.6) is 5.75 Å². The van der Waals surface area contributed by atoms with Crippen LogP contribution in [0.1, 0.15) is 17.3 Å². The van der Waals surface area contributed by atoms with E-state index in [2.05, 4.69) is 0 Å². The summed E-state index contributed by atoms with van der Waals surface area (Å²) in [5.41, 5.74) is -0.453. The SMILES string of the molecule is CCOc1cc(C(=O)O)cc([N+](=O)[O-])c1. The zero-order valence-electron chi connectivity index (χ0n) is 7.97. The number of nitrogens with zero attached hydrogens (tertiary/aromatic N) is 1. The number of rotatable bonds is 4. The van der Waals surface area contributed by atoms with Crippen LogP contribution in [0.25, 0.3) is 0 Å². The second-order valence-electron chi connectivity index (χ2n) is 2.71. The third-order valence-corrected chi connectivity index (χ3v) is 1.66. The molecular formula is C9H9NO5. The number of hydrogen-bond donors (Lipinski definition) is 1. The number of carbonyl (C=O) groups is 1. The highest BCUT2D eigenvalue weighted by molar-refractivity contribution is 5.89. The van der Waals surface area contributed by atoms with Crippen molar-refractivity contribution in [3.8, 4) is 5.75 Å². The molecule has 0 atom stereocenters. The highest BCUT2D eigenvalue weighted by Gasteiger charge is 2.14. The van der Waals surface area contributed by atoms with E-state index in [-0.39, 0.29) is 17.0 Å². The Morgan fingerprint density at radius 2 is 2.20 bits per heavy atom. The van der Waals surface area contributed by atoms with Gasteiger partial charge in [-0.05, 0) is 13.0 Å². The molecule has 0 aliphatic heterocycles. The Morgan fingerprint density at radius 3 is 2.67 bits per heavy atom. The zero-order valence-corrected chi connectivity index (χ0v) is 7.97. The van der Waals surface area contributed by atoms with E-state index in [1.165, 1.54) is 12.1 Å². The van der Waals surface area contributed by atoms with Gasteiger partial charge in [0.1, 0.15) is 5.75 Å². The number of carboxylic acid groups (broad SMARTS) is 1. The van der Waals surface area contributed by atoms with Crippen LogP contribution in [-0.2, 0) is 0 Å². The largest absolute Gasteiger partial charge is 0.494 e. The zero-order chi connectivity index (χ0) is 11.4. The first kappa shape index (κ1) is 11.0. The smallest absolute Gasteiger partial charge is 0.336 e. The highest BCUT2D eigenvalue weighted by atomic mass is 16.6. The Hall–Kier alpha value is -2.11. The molecule has 0 saturated heterocycles. The fraction of sp³-hybridized carbons (Fsp3) is 0.222. The summed E-state index contributed by atoms with van der Waals surface area (Å²) in [7, 11) is 0. The van der Waals surface area contributed by atoms with Gasteiger partial charge in [0.05, 0.1) is 23.2 Å². The Labute approximate surface area is 85.2 Å². The van der Waals surface area contributed by atoms with E-state index in [4.69, 9.17) is 9.84 Å². The number of carboxylic acids is 1. The van der Waals surface area contributed by atoms with Gasteiger partial charge in [-0.15, -0.1) is 0 Å². The van der Waals surface area contributed by atoms with Gasteiger partial charge in [0, 0.05) is 6.07 Å². The minimum atomic E-state index is -1.22. The minimum Gasteiger partial charge on any atom is -0.494 e. The van der Waals surface area contributed by atoms with Gasteiger partial charge < -0.3 is 9.84 Å². The van der Waals surface area contributed by atoms with Crippen LogP contribution in [0.2, 0.25) is 0 Å². The van der Waals surface area contributed by atoms with Crippen LogP contribution < -0.4 is 4.74 Å². The molecule has 1 N–H and O–H groups in total. The molecule has 1 aromatic carbocycles. The third-order valence-electron chi connectivity index (χ3n) is 1.66. The van der Waals surface area contributed by atoms with Gasteiger partial charge in [-0.2, -0.15) is 0 Å². The molecule has 15 heavy (non-hydrogen) atoms. The van der Waals surface area contributed by atoms with Crippen molar-refractivity contribution in [1.29, 1.82) is 0 Å². The van der Waals surface area contributed by atoms with Crippen LogP contribution in [0.3, 0.4) is 0 Å². The quantitative estimate of drug-likeness (QED) is 0.604. The van der Waals surface area contributed by atoms with Crippen molar-refractivity contribution in [3.05, 3.63) is 33.9 Å². The van der Waals surface area contributed by atoms with Crippen LogP contribution in [-0.4, -0.2) is 22.6 Å². The summed E-state index contributed by atoms with van der Waals surface area (Å²) < 4.78 is 5.02. The summed E-state index contributed by atoms with van der Waals surface area (Å²) in [5, 5.41) is 19.2. The lowest BCUT2D eigenvalue weighted by atomic mass is 10.2. The van der Waals surface area contributed by atoms with Gasteiger partial charge in [0.2, 0.25) is 0 Å². The van der Waals surface area contributed by atoms with Gasteiger partial charge >= 0.3 is 5.97 Å². The molecule has 1 rings (SSSR count). The minimum absolute atomic E-state index is 0.160. The fourth-order valence-corrected chi connectivity index (χ4v) is 1.06. The van der Waals surface area contributed by atoms with E-state index >= 15 is 0 Å². The fourth-order valence-electron chi connectivity index (χ4n) is 1.06. The van der Waals surface area contributed by atoms with Crippen molar-refractivity contribution in [2.24, 2.45) is 0 Å². The lowest BCUT2D eigenvalue weighted by Crippen LogP contribution is -2.00. The lowest BCUT2D eigenvalue weighted by molar-refractivity contribution is -0.385. The first-order valence-corrected chi connectivity index (χ1v) is 4.20. The number of hydrogen-bond acceptors (Lipinski definition) is 4. The Kier molecular flexibility index (Phi) is 3.22. The van der Waals surface area contributed by atoms with E-state index in [9.17, 15) is 14.9 Å². The monoisotopic (exact) mass is 211 g/mol. The molecule has 1 aromatic rings. The summed E-state index contributed by atoms with van der Waals surface area (Å²) in [6.07, 6.45) is 0. The Balaban J connectivity index is 3.19. The number of nitro groups is 1. The molecule has 0 aromatic heterocycles. The predicted molar refractivity (Wildman–Crippen MR) is 51.2 cm³/mol. The summed E-state index contributed by atoms with van der Waals surface area (Å²) in [4.78, 5) is 20.5. The molecule has 0 aliphatic rings. The summed E-state index contributed by atoms with van der Waals surface area (Å²) >= 11 is 0. The van der Waals surface area contributed by atoms with Crippen LogP contribution in [0.4, 0.5) is 5.69 Å². The number of benzene rings is 1. The van der Waals surface area contributed by atoms with Gasteiger partial charge in [-0.3, -0.25) is 10.1 Å². The highest BCUT2D eigenvalue weighted by Crippen LogP contribution is 2.22. The van der Waals surface area contributed by atoms with Crippen molar-refractivity contribution in [2.45, 2.75) is 6.92 Å². The number of ether oxygens (including phenoxy) is 1. The maximum absolute atomic E-state index is 10.7. The van der Waals surface area contributed by atoms with E-state index in [0.717, 1.165) is 6.07 Å². The van der Waals surface area contributed by atoms with Gasteiger partial charge in [0.25, 0.3) is 5.69 Å². The molecule has 0 amide bonds. The van der Waals surface area contributed by atoms with Crippen molar-refractivity contribution in [2.75, 3.05) is 6.61 Å². The molecule has 0 aliphatic carbocycles. The number of nitro benzene ring substituents is 1. The topological polar surface area (TPSA) is 89.7 Å². The van der Waals surface area contributed by atoms with E-state index in [1.807, 2.05) is 0 Å². The number of non-ortho nitro benzene ring substituents is 1. The molecular weight excluding hydrogens is 202 g/mol. The second kappa shape index (κ2) is 4.41. The van der Waals surface area contributed by atoms with E-state index in [1.54, 1.807) is 6.92 Å². The molecule has 6 nitrogen and oxygen atoms in total. The lowest BCUT2D eigenvalue weighted by Gasteiger charge is -2.03. The summed E-state index contributed by atoms with van der Waals surface area (Å²) in [6, 6.07) is 3.43. The first-order chi connectivity index (χ1) is 7.04. The molecule has 0 saturated carbocycles. The second-order valence-corrected chi connectivity index (χ2v) is 2.71. The van der Waals surface area contributed by atoms with Crippen molar-refractivity contribution in [3.63, 3.8) is 0 Å². The molecule has 0 fully saturated rings. The summed E-state index contributed by atoms with van der Waals surface area (Å²) in [6.45, 7) is 2.03. The van der Waals surface area contributed by atoms with Crippen LogP contribution >= 0.6 is 0 Å². The molecule has 6 heteroatoms. The standard InChI is InChI=1S/C9H9NO5/c1-2-15-8-4-6(9(11)12)3-7(5-8)10(13)14/h3-5H,2H2,1H3,(H,11,12). The maximum Gasteiger partial charge on any atom is 0.336 e. The number of aromatic carboxylic acids is 1.